The molecule has 1 aliphatic heterocycles. The fourth-order valence-electron chi connectivity index (χ4n) is 3.07. The van der Waals surface area contributed by atoms with Crippen molar-refractivity contribution in [3.8, 4) is 0 Å². The van der Waals surface area contributed by atoms with Crippen molar-refractivity contribution < 1.29 is 4.74 Å². The number of hydrogen-bond donors (Lipinski definition) is 2. The van der Waals surface area contributed by atoms with E-state index in [-0.39, 0.29) is 24.0 Å². The molecule has 0 aromatic rings. The van der Waals surface area contributed by atoms with Crippen molar-refractivity contribution in [3.63, 3.8) is 0 Å². The van der Waals surface area contributed by atoms with E-state index in [1.54, 1.807) is 0 Å². The molecule has 1 atom stereocenters. The van der Waals surface area contributed by atoms with E-state index in [4.69, 9.17) is 4.74 Å². The van der Waals surface area contributed by atoms with Crippen molar-refractivity contribution in [2.45, 2.75) is 59.0 Å². The van der Waals surface area contributed by atoms with E-state index in [9.17, 15) is 0 Å². The van der Waals surface area contributed by atoms with E-state index >= 15 is 0 Å². The standard InChI is InChI=1S/C18H38N4O.HI/c1-5-23-17(16(2)3)10-11-20-18(19-4)21-12-15-22-13-8-6-7-9-14-22;/h16-17H,5-15H2,1-4H3,(H2,19,20,21);1H. The fraction of sp³-hybridized carbons (Fsp3) is 0.944. The molecule has 1 rings (SSSR count). The van der Waals surface area contributed by atoms with Gasteiger partial charge in [-0.15, -0.1) is 24.0 Å². The highest BCUT2D eigenvalue weighted by Crippen LogP contribution is 2.10. The Morgan fingerprint density at radius 1 is 1.08 bits per heavy atom. The van der Waals surface area contributed by atoms with Crippen molar-refractivity contribution in [2.24, 2.45) is 10.9 Å². The number of halogens is 1. The zero-order valence-corrected chi connectivity index (χ0v) is 18.5. The molecule has 2 N–H and O–H groups in total. The van der Waals surface area contributed by atoms with Gasteiger partial charge in [-0.3, -0.25) is 4.99 Å². The second kappa shape index (κ2) is 15.2. The highest BCUT2D eigenvalue weighted by atomic mass is 127. The Morgan fingerprint density at radius 2 is 1.71 bits per heavy atom. The van der Waals surface area contributed by atoms with E-state index < -0.39 is 0 Å². The number of hydrogen-bond acceptors (Lipinski definition) is 3. The van der Waals surface area contributed by atoms with E-state index in [2.05, 4.69) is 41.3 Å². The lowest BCUT2D eigenvalue weighted by molar-refractivity contribution is 0.0258. The molecule has 0 aromatic carbocycles. The molecule has 0 saturated carbocycles. The summed E-state index contributed by atoms with van der Waals surface area (Å²) >= 11 is 0. The molecular formula is C18H39IN4O. The van der Waals surface area contributed by atoms with Crippen LogP contribution < -0.4 is 10.6 Å². The van der Waals surface area contributed by atoms with Gasteiger partial charge in [0.2, 0.25) is 0 Å². The van der Waals surface area contributed by atoms with Gasteiger partial charge in [0.25, 0.3) is 0 Å². The molecule has 1 saturated heterocycles. The summed E-state index contributed by atoms with van der Waals surface area (Å²) in [4.78, 5) is 6.88. The van der Waals surface area contributed by atoms with Crippen molar-refractivity contribution in [3.05, 3.63) is 0 Å². The first kappa shape index (κ1) is 23.9. The lowest BCUT2D eigenvalue weighted by Crippen LogP contribution is -2.42. The summed E-state index contributed by atoms with van der Waals surface area (Å²) in [6, 6.07) is 0. The van der Waals surface area contributed by atoms with Gasteiger partial charge < -0.3 is 20.3 Å². The molecule has 0 aliphatic carbocycles. The summed E-state index contributed by atoms with van der Waals surface area (Å²) in [6.45, 7) is 12.7. The summed E-state index contributed by atoms with van der Waals surface area (Å²) in [7, 11) is 1.84. The molecule has 6 heteroatoms. The molecule has 1 unspecified atom stereocenters. The number of ether oxygens (including phenoxy) is 1. The molecule has 24 heavy (non-hydrogen) atoms. The Balaban J connectivity index is 0.00000529. The maximum Gasteiger partial charge on any atom is 0.191 e. The third-order valence-electron chi connectivity index (χ3n) is 4.49. The van der Waals surface area contributed by atoms with Gasteiger partial charge >= 0.3 is 0 Å². The van der Waals surface area contributed by atoms with Gasteiger partial charge in [0.05, 0.1) is 6.10 Å². The molecule has 1 fully saturated rings. The third-order valence-corrected chi connectivity index (χ3v) is 4.49. The van der Waals surface area contributed by atoms with Crippen LogP contribution in [0.2, 0.25) is 0 Å². The van der Waals surface area contributed by atoms with Crippen molar-refractivity contribution in [2.75, 3.05) is 46.4 Å². The lowest BCUT2D eigenvalue weighted by Gasteiger charge is -2.22. The summed E-state index contributed by atoms with van der Waals surface area (Å²) in [5.74, 6) is 1.45. The first-order valence-electron chi connectivity index (χ1n) is 9.45. The maximum atomic E-state index is 5.78. The molecule has 0 aromatic heterocycles. The number of rotatable bonds is 9. The minimum Gasteiger partial charge on any atom is -0.378 e. The van der Waals surface area contributed by atoms with E-state index in [1.807, 2.05) is 7.05 Å². The van der Waals surface area contributed by atoms with Crippen LogP contribution in [-0.2, 0) is 4.74 Å². The van der Waals surface area contributed by atoms with Gasteiger partial charge in [-0.25, -0.2) is 0 Å². The Morgan fingerprint density at radius 3 is 2.25 bits per heavy atom. The SMILES string of the molecule is CCOC(CCNC(=NC)NCCN1CCCCCC1)C(C)C.I. The van der Waals surface area contributed by atoms with Crippen LogP contribution >= 0.6 is 24.0 Å². The molecule has 1 heterocycles. The number of likely N-dealkylation sites (tertiary alicyclic amines) is 1. The largest absolute Gasteiger partial charge is 0.378 e. The first-order valence-corrected chi connectivity index (χ1v) is 9.45. The second-order valence-corrected chi connectivity index (χ2v) is 6.71. The Kier molecular flexibility index (Phi) is 15.1. The maximum absolute atomic E-state index is 5.78. The van der Waals surface area contributed by atoms with Crippen molar-refractivity contribution >= 4 is 29.9 Å². The molecular weight excluding hydrogens is 415 g/mol. The number of aliphatic imine (C=N–C) groups is 1. The molecule has 0 radical (unpaired) electrons. The second-order valence-electron chi connectivity index (χ2n) is 6.71. The average Bonchev–Trinajstić information content (AvgIpc) is 2.81. The van der Waals surface area contributed by atoms with Gasteiger partial charge in [-0.05, 0) is 45.2 Å². The van der Waals surface area contributed by atoms with Crippen LogP contribution in [0.15, 0.2) is 4.99 Å². The summed E-state index contributed by atoms with van der Waals surface area (Å²) in [6.07, 6.45) is 6.82. The zero-order valence-electron chi connectivity index (χ0n) is 16.1. The molecule has 5 nitrogen and oxygen atoms in total. The fourth-order valence-corrected chi connectivity index (χ4v) is 3.07. The molecule has 1 aliphatic rings. The Labute approximate surface area is 166 Å². The van der Waals surface area contributed by atoms with Gasteiger partial charge in [-0.1, -0.05) is 26.7 Å². The molecule has 0 spiro atoms. The van der Waals surface area contributed by atoms with Gasteiger partial charge in [0.1, 0.15) is 0 Å². The first-order chi connectivity index (χ1) is 11.2. The van der Waals surface area contributed by atoms with Gasteiger partial charge in [-0.2, -0.15) is 0 Å². The average molecular weight is 454 g/mol. The molecule has 0 amide bonds. The minimum atomic E-state index is 0. The highest BCUT2D eigenvalue weighted by molar-refractivity contribution is 14.0. The Bertz CT molecular complexity index is 318. The summed E-state index contributed by atoms with van der Waals surface area (Å²) in [5, 5.41) is 6.83. The number of nitrogens with one attached hydrogen (secondary N) is 2. The van der Waals surface area contributed by atoms with Crippen molar-refractivity contribution in [1.82, 2.24) is 15.5 Å². The Hall–Kier alpha value is -0.0800. The van der Waals surface area contributed by atoms with Crippen molar-refractivity contribution in [1.29, 1.82) is 0 Å². The van der Waals surface area contributed by atoms with Crippen LogP contribution in [-0.4, -0.2) is 63.3 Å². The normalized spacial score (nSPS) is 18.0. The van der Waals surface area contributed by atoms with Gasteiger partial charge in [0.15, 0.2) is 5.96 Å². The van der Waals surface area contributed by atoms with Crippen LogP contribution in [0.5, 0.6) is 0 Å². The molecule has 144 valence electrons. The molecule has 0 bridgehead atoms. The number of nitrogens with zero attached hydrogens (tertiary/aromatic N) is 2. The predicted molar refractivity (Wildman–Crippen MR) is 115 cm³/mol. The zero-order chi connectivity index (χ0) is 16.9. The van der Waals surface area contributed by atoms with Crippen LogP contribution in [0, 0.1) is 5.92 Å². The smallest absolute Gasteiger partial charge is 0.191 e. The summed E-state index contributed by atoms with van der Waals surface area (Å²) in [5.41, 5.74) is 0. The predicted octanol–water partition coefficient (Wildman–Crippen LogP) is 3.10. The number of guanidine groups is 1. The van der Waals surface area contributed by atoms with Crippen LogP contribution in [0.4, 0.5) is 0 Å². The van der Waals surface area contributed by atoms with Crippen LogP contribution in [0.3, 0.4) is 0 Å². The monoisotopic (exact) mass is 454 g/mol. The lowest BCUT2D eigenvalue weighted by atomic mass is 10.0. The van der Waals surface area contributed by atoms with E-state index in [0.717, 1.165) is 38.6 Å². The van der Waals surface area contributed by atoms with Crippen LogP contribution in [0.25, 0.3) is 0 Å². The highest BCUT2D eigenvalue weighted by Gasteiger charge is 2.13. The summed E-state index contributed by atoms with van der Waals surface area (Å²) < 4.78 is 5.78. The van der Waals surface area contributed by atoms with E-state index in [0.29, 0.717) is 12.0 Å². The van der Waals surface area contributed by atoms with Crippen LogP contribution in [0.1, 0.15) is 52.9 Å². The van der Waals surface area contributed by atoms with E-state index in [1.165, 1.54) is 38.8 Å². The topological polar surface area (TPSA) is 48.9 Å². The minimum absolute atomic E-state index is 0. The third kappa shape index (κ3) is 10.7. The quantitative estimate of drug-likeness (QED) is 0.320. The van der Waals surface area contributed by atoms with Gasteiger partial charge in [0, 0.05) is 33.3 Å².